The van der Waals surface area contributed by atoms with Gasteiger partial charge >= 0.3 is 13.1 Å². The second-order valence-corrected chi connectivity index (χ2v) is 10.9. The van der Waals surface area contributed by atoms with Gasteiger partial charge in [0.1, 0.15) is 17.0 Å². The number of halogens is 2. The summed E-state index contributed by atoms with van der Waals surface area (Å²) in [6, 6.07) is 5.96. The molecule has 1 aliphatic heterocycles. The average Bonchev–Trinajstić information content (AvgIpc) is 3.06. The van der Waals surface area contributed by atoms with Crippen LogP contribution in [0, 0.1) is 5.82 Å². The molecule has 3 aromatic heterocycles. The first-order valence-electron chi connectivity index (χ1n) is 11.9. The third-order valence-corrected chi connectivity index (χ3v) is 7.12. The average molecular weight is 572 g/mol. The smallest absolute Gasteiger partial charge is 0.462 e. The summed E-state index contributed by atoms with van der Waals surface area (Å²) in [7, 11) is -0.528. The van der Waals surface area contributed by atoms with E-state index in [2.05, 4.69) is 32.5 Å². The number of ether oxygens (including phenoxy) is 1. The molecule has 1 aliphatic rings. The minimum absolute atomic E-state index is 0.0132. The first-order valence-corrected chi connectivity index (χ1v) is 12.7. The van der Waals surface area contributed by atoms with Gasteiger partial charge in [0.15, 0.2) is 0 Å². The standard InChI is InChI=1S/C26H28BBrFN3O5/c1-16(27-36-25(2,3)26(4,5)37-27)7-6-10-35-24(34)21-12-17-11-18(28)13-31-22(17)32(23(21)33)15-20-9-8-19(29)14-30-20/h8-9,11-14H,1,6-7,10,15H2,2-5H3. The van der Waals surface area contributed by atoms with E-state index in [4.69, 9.17) is 14.0 Å². The van der Waals surface area contributed by atoms with E-state index >= 15 is 0 Å². The number of hydrogen-bond acceptors (Lipinski definition) is 7. The zero-order chi connectivity index (χ0) is 27.0. The van der Waals surface area contributed by atoms with Crippen LogP contribution in [0.1, 0.15) is 56.6 Å². The van der Waals surface area contributed by atoms with E-state index in [-0.39, 0.29) is 18.7 Å². The number of fused-ring (bicyclic) bond motifs is 1. The molecule has 3 aromatic rings. The molecular formula is C26H28BBrFN3O5. The van der Waals surface area contributed by atoms with Crippen LogP contribution in [0.4, 0.5) is 4.39 Å². The quantitative estimate of drug-likeness (QED) is 0.216. The summed E-state index contributed by atoms with van der Waals surface area (Å²) in [5, 5.41) is 0.567. The van der Waals surface area contributed by atoms with Gasteiger partial charge in [0.2, 0.25) is 0 Å². The summed E-state index contributed by atoms with van der Waals surface area (Å²) in [6.45, 7) is 12.1. The Morgan fingerprint density at radius 1 is 1.16 bits per heavy atom. The van der Waals surface area contributed by atoms with Crippen LogP contribution in [0.25, 0.3) is 11.0 Å². The number of allylic oxidation sites excluding steroid dienone is 1. The van der Waals surface area contributed by atoms with E-state index in [1.165, 1.54) is 22.8 Å². The Balaban J connectivity index is 1.46. The number of carbonyl (C=O) groups is 1. The first-order chi connectivity index (χ1) is 17.4. The minimum atomic E-state index is -0.742. The van der Waals surface area contributed by atoms with E-state index in [1.54, 1.807) is 12.3 Å². The highest BCUT2D eigenvalue weighted by Crippen LogP contribution is 2.38. The number of nitrogens with zero attached hydrogens (tertiary/aromatic N) is 3. The minimum Gasteiger partial charge on any atom is -0.462 e. The molecule has 0 unspecified atom stereocenters. The van der Waals surface area contributed by atoms with E-state index in [0.717, 1.165) is 11.7 Å². The highest BCUT2D eigenvalue weighted by Gasteiger charge is 2.51. The van der Waals surface area contributed by atoms with Crippen LogP contribution in [0.15, 0.2) is 58.0 Å². The van der Waals surface area contributed by atoms with Crippen molar-refractivity contribution in [2.45, 2.75) is 58.3 Å². The molecule has 11 heteroatoms. The summed E-state index contributed by atoms with van der Waals surface area (Å²) in [5.41, 5.74) is -0.0483. The van der Waals surface area contributed by atoms with Crippen LogP contribution in [0.3, 0.4) is 0 Å². The molecular weight excluding hydrogens is 544 g/mol. The van der Waals surface area contributed by atoms with Crippen molar-refractivity contribution >= 4 is 40.1 Å². The first kappa shape index (κ1) is 27.2. The fraction of sp³-hybridized carbons (Fsp3) is 0.385. The predicted octanol–water partition coefficient (Wildman–Crippen LogP) is 4.87. The molecule has 0 aliphatic carbocycles. The fourth-order valence-electron chi connectivity index (χ4n) is 3.86. The van der Waals surface area contributed by atoms with E-state index in [9.17, 15) is 14.0 Å². The van der Waals surface area contributed by atoms with Gasteiger partial charge in [-0.15, -0.1) is 6.58 Å². The van der Waals surface area contributed by atoms with Crippen molar-refractivity contribution in [1.29, 1.82) is 0 Å². The van der Waals surface area contributed by atoms with E-state index in [0.29, 0.717) is 34.0 Å². The molecule has 0 bridgehead atoms. The highest BCUT2D eigenvalue weighted by atomic mass is 79.9. The van der Waals surface area contributed by atoms with Crippen molar-refractivity contribution in [3.8, 4) is 0 Å². The van der Waals surface area contributed by atoms with Crippen LogP contribution < -0.4 is 5.56 Å². The molecule has 4 rings (SSSR count). The van der Waals surface area contributed by atoms with Crippen molar-refractivity contribution in [2.75, 3.05) is 6.61 Å². The summed E-state index contributed by atoms with van der Waals surface area (Å²) in [6.07, 6.45) is 3.64. The number of hydrogen-bond donors (Lipinski definition) is 0. The third kappa shape index (κ3) is 5.84. The molecule has 194 valence electrons. The monoisotopic (exact) mass is 571 g/mol. The molecule has 0 saturated carbocycles. The van der Waals surface area contributed by atoms with Gasteiger partial charge in [0.05, 0.1) is 36.2 Å². The summed E-state index contributed by atoms with van der Waals surface area (Å²) < 4.78 is 32.7. The zero-order valence-corrected chi connectivity index (χ0v) is 22.8. The number of carbonyl (C=O) groups excluding carboxylic acids is 1. The Kier molecular flexibility index (Phi) is 7.68. The fourth-order valence-corrected chi connectivity index (χ4v) is 4.21. The van der Waals surface area contributed by atoms with Crippen molar-refractivity contribution in [3.63, 3.8) is 0 Å². The highest BCUT2D eigenvalue weighted by molar-refractivity contribution is 9.10. The Morgan fingerprint density at radius 3 is 2.51 bits per heavy atom. The molecule has 0 N–H and O–H groups in total. The second-order valence-electron chi connectivity index (χ2n) is 9.97. The maximum Gasteiger partial charge on any atom is 0.489 e. The maximum absolute atomic E-state index is 13.3. The Labute approximate surface area is 223 Å². The number of aromatic nitrogens is 3. The lowest BCUT2D eigenvalue weighted by Crippen LogP contribution is -2.41. The molecule has 0 atom stereocenters. The Hall–Kier alpha value is -2.89. The molecule has 0 radical (unpaired) electrons. The number of esters is 1. The lowest BCUT2D eigenvalue weighted by Gasteiger charge is -2.32. The Morgan fingerprint density at radius 2 is 1.86 bits per heavy atom. The largest absolute Gasteiger partial charge is 0.489 e. The predicted molar refractivity (Wildman–Crippen MR) is 142 cm³/mol. The van der Waals surface area contributed by atoms with E-state index < -0.39 is 35.7 Å². The maximum atomic E-state index is 13.3. The van der Waals surface area contributed by atoms with Crippen LogP contribution in [-0.4, -0.2) is 45.4 Å². The summed E-state index contributed by atoms with van der Waals surface area (Å²) >= 11 is 3.37. The molecule has 4 heterocycles. The van der Waals surface area contributed by atoms with Crippen molar-refractivity contribution in [2.24, 2.45) is 0 Å². The molecule has 0 spiro atoms. The van der Waals surface area contributed by atoms with Crippen LogP contribution in [-0.2, 0) is 20.6 Å². The molecule has 0 aromatic carbocycles. The van der Waals surface area contributed by atoms with Gasteiger partial charge in [0, 0.05) is 16.1 Å². The lowest BCUT2D eigenvalue weighted by atomic mass is 9.77. The lowest BCUT2D eigenvalue weighted by molar-refractivity contribution is 0.00578. The topological polar surface area (TPSA) is 92.5 Å². The molecule has 1 fully saturated rings. The molecule has 37 heavy (non-hydrogen) atoms. The van der Waals surface area contributed by atoms with Crippen molar-refractivity contribution in [1.82, 2.24) is 14.5 Å². The molecule has 0 amide bonds. The van der Waals surface area contributed by atoms with Crippen molar-refractivity contribution in [3.05, 3.63) is 80.6 Å². The summed E-state index contributed by atoms with van der Waals surface area (Å²) in [4.78, 5) is 34.6. The van der Waals surface area contributed by atoms with Gasteiger partial charge in [-0.25, -0.2) is 14.2 Å². The normalized spacial score (nSPS) is 16.2. The molecule has 1 saturated heterocycles. The van der Waals surface area contributed by atoms with Gasteiger partial charge in [-0.3, -0.25) is 14.3 Å². The van der Waals surface area contributed by atoms with Crippen LogP contribution >= 0.6 is 15.9 Å². The SMILES string of the molecule is C=C(CCCOC(=O)c1cc2cc(Br)cnc2n(Cc2ccc(F)cn2)c1=O)B1OC(C)(C)C(C)(C)O1. The number of rotatable bonds is 8. The molecule has 8 nitrogen and oxygen atoms in total. The summed E-state index contributed by atoms with van der Waals surface area (Å²) in [5.74, 6) is -1.23. The van der Waals surface area contributed by atoms with Crippen molar-refractivity contribution < 1.29 is 23.2 Å². The van der Waals surface area contributed by atoms with Gasteiger partial charge in [0.25, 0.3) is 5.56 Å². The second kappa shape index (κ2) is 10.5. The van der Waals surface area contributed by atoms with Gasteiger partial charge in [-0.2, -0.15) is 0 Å². The van der Waals surface area contributed by atoms with Crippen LogP contribution in [0.5, 0.6) is 0 Å². The Bertz CT molecular complexity index is 1390. The van der Waals surface area contributed by atoms with E-state index in [1.807, 2.05) is 27.7 Å². The zero-order valence-electron chi connectivity index (χ0n) is 21.2. The van der Waals surface area contributed by atoms with Gasteiger partial charge in [-0.1, -0.05) is 0 Å². The third-order valence-electron chi connectivity index (χ3n) is 6.68. The van der Waals surface area contributed by atoms with Gasteiger partial charge < -0.3 is 14.0 Å². The number of pyridine rings is 3. The van der Waals surface area contributed by atoms with Crippen LogP contribution in [0.2, 0.25) is 0 Å². The van der Waals surface area contributed by atoms with Gasteiger partial charge in [-0.05, 0) is 86.2 Å².